The average molecular weight is 537 g/mol. The molecule has 1 N–H and O–H groups in total. The van der Waals surface area contributed by atoms with Crippen molar-refractivity contribution in [2.24, 2.45) is 0 Å². The van der Waals surface area contributed by atoms with E-state index in [9.17, 15) is 5.26 Å². The van der Waals surface area contributed by atoms with Crippen molar-refractivity contribution in [1.82, 2.24) is 19.5 Å². The van der Waals surface area contributed by atoms with Crippen LogP contribution in [0.15, 0.2) is 73.3 Å². The Morgan fingerprint density at radius 3 is 2.69 bits per heavy atom. The van der Waals surface area contributed by atoms with Crippen LogP contribution in [0.25, 0.3) is 21.7 Å². The second kappa shape index (κ2) is 11.8. The second-order valence-electron chi connectivity index (χ2n) is 8.95. The maximum atomic E-state index is 9.92. The number of ether oxygens (including phenoxy) is 2. The molecule has 5 aromatic rings. The third-order valence-electron chi connectivity index (χ3n) is 6.12. The van der Waals surface area contributed by atoms with E-state index >= 15 is 0 Å². The van der Waals surface area contributed by atoms with E-state index in [2.05, 4.69) is 25.9 Å². The number of anilines is 2. The summed E-state index contributed by atoms with van der Waals surface area (Å²) in [7, 11) is 1.63. The number of benzene rings is 2. The molecule has 0 amide bonds. The van der Waals surface area contributed by atoms with Crippen LogP contribution in [0.2, 0.25) is 0 Å². The zero-order valence-electron chi connectivity index (χ0n) is 22.0. The SMILES string of the molecule is COc1cccc(-c2c(-c3ccnc(Nc4cccc(OCCCn5cnc(C)c5)c4)n3)sc(C)c2C#N)c1. The summed E-state index contributed by atoms with van der Waals surface area (Å²) in [5.41, 5.74) is 4.97. The number of thiophene rings is 1. The summed E-state index contributed by atoms with van der Waals surface area (Å²) in [6.07, 6.45) is 6.46. The first-order valence-electron chi connectivity index (χ1n) is 12.5. The molecule has 0 saturated carbocycles. The summed E-state index contributed by atoms with van der Waals surface area (Å²) in [6.45, 7) is 5.39. The lowest BCUT2D eigenvalue weighted by molar-refractivity contribution is 0.302. The van der Waals surface area contributed by atoms with Crippen molar-refractivity contribution in [3.63, 3.8) is 0 Å². The molecule has 0 aliphatic rings. The highest BCUT2D eigenvalue weighted by Crippen LogP contribution is 2.43. The first kappa shape index (κ1) is 25.9. The van der Waals surface area contributed by atoms with Crippen molar-refractivity contribution in [2.75, 3.05) is 19.0 Å². The highest BCUT2D eigenvalue weighted by atomic mass is 32.1. The molecule has 0 aliphatic carbocycles. The maximum Gasteiger partial charge on any atom is 0.227 e. The number of hydrogen-bond acceptors (Lipinski definition) is 8. The van der Waals surface area contributed by atoms with Crippen molar-refractivity contribution >= 4 is 23.0 Å². The van der Waals surface area contributed by atoms with E-state index < -0.39 is 0 Å². The molecule has 9 heteroatoms. The van der Waals surface area contributed by atoms with Gasteiger partial charge in [-0.25, -0.2) is 15.0 Å². The summed E-state index contributed by atoms with van der Waals surface area (Å²) in [4.78, 5) is 15.3. The van der Waals surface area contributed by atoms with E-state index in [0.29, 0.717) is 18.1 Å². The van der Waals surface area contributed by atoms with Gasteiger partial charge in [0.05, 0.1) is 41.9 Å². The summed E-state index contributed by atoms with van der Waals surface area (Å²) in [5.74, 6) is 1.96. The summed E-state index contributed by atoms with van der Waals surface area (Å²) in [6, 6.07) is 19.7. The van der Waals surface area contributed by atoms with Crippen LogP contribution in [0.4, 0.5) is 11.6 Å². The molecule has 0 radical (unpaired) electrons. The van der Waals surface area contributed by atoms with E-state index in [-0.39, 0.29) is 0 Å². The Morgan fingerprint density at radius 1 is 1.05 bits per heavy atom. The number of rotatable bonds is 10. The third-order valence-corrected chi connectivity index (χ3v) is 7.25. The summed E-state index contributed by atoms with van der Waals surface area (Å²) in [5, 5.41) is 13.2. The highest BCUT2D eigenvalue weighted by molar-refractivity contribution is 7.16. The molecule has 3 aromatic heterocycles. The minimum Gasteiger partial charge on any atom is -0.497 e. The van der Waals surface area contributed by atoms with Crippen LogP contribution < -0.4 is 14.8 Å². The van der Waals surface area contributed by atoms with Gasteiger partial charge in [0.1, 0.15) is 17.6 Å². The van der Waals surface area contributed by atoms with Gasteiger partial charge in [-0.15, -0.1) is 11.3 Å². The first-order valence-corrected chi connectivity index (χ1v) is 13.4. The lowest BCUT2D eigenvalue weighted by Gasteiger charge is -2.11. The van der Waals surface area contributed by atoms with E-state index in [0.717, 1.165) is 62.4 Å². The van der Waals surface area contributed by atoms with Crippen LogP contribution in [0.3, 0.4) is 0 Å². The van der Waals surface area contributed by atoms with Gasteiger partial charge in [0.25, 0.3) is 0 Å². The van der Waals surface area contributed by atoms with Crippen molar-refractivity contribution in [2.45, 2.75) is 26.8 Å². The van der Waals surface area contributed by atoms with Gasteiger partial charge < -0.3 is 19.4 Å². The van der Waals surface area contributed by atoms with Crippen LogP contribution in [0, 0.1) is 25.2 Å². The van der Waals surface area contributed by atoms with Gasteiger partial charge in [-0.1, -0.05) is 18.2 Å². The van der Waals surface area contributed by atoms with E-state index in [1.165, 1.54) is 0 Å². The Kier molecular flexibility index (Phi) is 7.85. The van der Waals surface area contributed by atoms with Crippen LogP contribution in [-0.4, -0.2) is 33.2 Å². The molecule has 0 spiro atoms. The predicted octanol–water partition coefficient (Wildman–Crippen LogP) is 6.78. The fraction of sp³-hybridized carbons (Fsp3) is 0.200. The molecule has 0 atom stereocenters. The van der Waals surface area contributed by atoms with Crippen molar-refractivity contribution in [1.29, 1.82) is 5.26 Å². The van der Waals surface area contributed by atoms with Gasteiger partial charge in [0, 0.05) is 41.1 Å². The molecule has 196 valence electrons. The monoisotopic (exact) mass is 536 g/mol. The average Bonchev–Trinajstić information content (AvgIpc) is 3.53. The smallest absolute Gasteiger partial charge is 0.227 e. The third kappa shape index (κ3) is 6.08. The van der Waals surface area contributed by atoms with E-state index in [1.54, 1.807) is 24.6 Å². The normalized spacial score (nSPS) is 10.7. The van der Waals surface area contributed by atoms with Gasteiger partial charge in [-0.3, -0.25) is 0 Å². The zero-order chi connectivity index (χ0) is 27.2. The number of imidazole rings is 1. The molecule has 3 heterocycles. The van der Waals surface area contributed by atoms with Crippen molar-refractivity contribution < 1.29 is 9.47 Å². The Morgan fingerprint density at radius 2 is 1.90 bits per heavy atom. The molecule has 0 saturated heterocycles. The molecule has 0 aliphatic heterocycles. The lowest BCUT2D eigenvalue weighted by atomic mass is 9.99. The Hall–Kier alpha value is -4.68. The number of nitrogens with one attached hydrogen (secondary N) is 1. The minimum atomic E-state index is 0.460. The molecular weight excluding hydrogens is 508 g/mol. The number of aromatic nitrogens is 4. The number of hydrogen-bond donors (Lipinski definition) is 1. The predicted molar refractivity (Wildman–Crippen MR) is 154 cm³/mol. The molecule has 0 bridgehead atoms. The molecule has 2 aromatic carbocycles. The van der Waals surface area contributed by atoms with Gasteiger partial charge >= 0.3 is 0 Å². The maximum absolute atomic E-state index is 9.92. The van der Waals surface area contributed by atoms with Gasteiger partial charge in [0.2, 0.25) is 5.95 Å². The standard InChI is InChI=1S/C30H28N6O2S/c1-20-18-36(19-33-20)13-6-14-38-25-10-5-8-23(16-25)34-30-32-12-11-27(35-30)29-28(26(17-31)21(2)39-29)22-7-4-9-24(15-22)37-3/h4-5,7-12,15-16,18-19H,6,13-14H2,1-3H3,(H,32,34,35). The van der Waals surface area contributed by atoms with Gasteiger partial charge in [-0.2, -0.15) is 5.26 Å². The number of aryl methyl sites for hydroxylation is 3. The topological polar surface area (TPSA) is 97.9 Å². The van der Waals surface area contributed by atoms with Crippen molar-refractivity contribution in [3.05, 3.63) is 89.5 Å². The number of nitriles is 1. The quantitative estimate of drug-likeness (QED) is 0.197. The Labute approximate surface area is 231 Å². The summed E-state index contributed by atoms with van der Waals surface area (Å²) < 4.78 is 13.4. The first-order chi connectivity index (χ1) is 19.0. The van der Waals surface area contributed by atoms with Crippen molar-refractivity contribution in [3.8, 4) is 39.3 Å². The fourth-order valence-electron chi connectivity index (χ4n) is 4.28. The molecule has 5 rings (SSSR count). The van der Waals surface area contributed by atoms with Crippen LogP contribution in [0.1, 0.15) is 22.6 Å². The fourth-order valence-corrected chi connectivity index (χ4v) is 5.38. The highest BCUT2D eigenvalue weighted by Gasteiger charge is 2.20. The van der Waals surface area contributed by atoms with E-state index in [1.807, 2.05) is 81.0 Å². The number of nitrogens with zero attached hydrogens (tertiary/aromatic N) is 5. The van der Waals surface area contributed by atoms with Crippen LogP contribution in [-0.2, 0) is 6.54 Å². The van der Waals surface area contributed by atoms with Crippen LogP contribution in [0.5, 0.6) is 11.5 Å². The summed E-state index contributed by atoms with van der Waals surface area (Å²) >= 11 is 1.55. The van der Waals surface area contributed by atoms with Gasteiger partial charge in [0.15, 0.2) is 0 Å². The van der Waals surface area contributed by atoms with E-state index in [4.69, 9.17) is 14.5 Å². The molecule has 39 heavy (non-hydrogen) atoms. The molecular formula is C30H28N6O2S. The Balaban J connectivity index is 1.33. The second-order valence-corrected chi connectivity index (χ2v) is 10.2. The number of methoxy groups -OCH3 is 1. The zero-order valence-corrected chi connectivity index (χ0v) is 22.8. The minimum absolute atomic E-state index is 0.460. The molecule has 8 nitrogen and oxygen atoms in total. The largest absolute Gasteiger partial charge is 0.497 e. The Bertz CT molecular complexity index is 1630. The lowest BCUT2D eigenvalue weighted by Crippen LogP contribution is -2.03. The molecule has 0 unspecified atom stereocenters. The van der Waals surface area contributed by atoms with Gasteiger partial charge in [-0.05, 0) is 56.2 Å². The molecule has 0 fully saturated rings. The van der Waals surface area contributed by atoms with Crippen LogP contribution >= 0.6 is 11.3 Å².